The van der Waals surface area contributed by atoms with Crippen molar-refractivity contribution in [3.63, 3.8) is 0 Å². The van der Waals surface area contributed by atoms with E-state index < -0.39 is 5.97 Å². The highest BCUT2D eigenvalue weighted by molar-refractivity contribution is 9.10. The Morgan fingerprint density at radius 3 is 2.43 bits per heavy atom. The van der Waals surface area contributed by atoms with Crippen molar-refractivity contribution in [3.05, 3.63) is 52.8 Å². The molecule has 3 aromatic rings. The van der Waals surface area contributed by atoms with E-state index in [9.17, 15) is 9.90 Å². The molecule has 0 radical (unpaired) electrons. The lowest BCUT2D eigenvalue weighted by Gasteiger charge is -2.11. The molecule has 146 valence electrons. The number of rotatable bonds is 7. The smallest absolute Gasteiger partial charge is 0.360 e. The number of halogens is 1. The molecule has 3 rings (SSSR count). The van der Waals surface area contributed by atoms with Crippen LogP contribution in [-0.2, 0) is 4.74 Å². The summed E-state index contributed by atoms with van der Waals surface area (Å²) < 4.78 is 16.6. The summed E-state index contributed by atoms with van der Waals surface area (Å²) in [5.74, 6) is 0.961. The molecule has 0 unspecified atom stereocenters. The minimum atomic E-state index is -0.657. The van der Waals surface area contributed by atoms with Crippen LogP contribution < -0.4 is 9.47 Å². The largest absolute Gasteiger partial charge is 0.505 e. The van der Waals surface area contributed by atoms with Crippen LogP contribution in [-0.4, -0.2) is 29.8 Å². The van der Waals surface area contributed by atoms with Gasteiger partial charge in [-0.3, -0.25) is 0 Å². The van der Waals surface area contributed by atoms with E-state index in [-0.39, 0.29) is 18.1 Å². The molecule has 1 heterocycles. The number of fused-ring (bicyclic) bond motifs is 1. The number of unbranched alkanes of at least 4 members (excludes halogenated alkanes) is 1. The van der Waals surface area contributed by atoms with Gasteiger partial charge in [-0.2, -0.15) is 0 Å². The maximum Gasteiger partial charge on any atom is 0.360 e. The second kappa shape index (κ2) is 8.93. The van der Waals surface area contributed by atoms with E-state index in [1.54, 1.807) is 49.6 Å². The Morgan fingerprint density at radius 1 is 1.07 bits per heavy atom. The number of ether oxygens (including phenoxy) is 3. The van der Waals surface area contributed by atoms with Gasteiger partial charge in [-0.1, -0.05) is 13.3 Å². The van der Waals surface area contributed by atoms with Crippen molar-refractivity contribution in [2.24, 2.45) is 0 Å². The van der Waals surface area contributed by atoms with E-state index in [0.29, 0.717) is 26.9 Å². The Balaban J connectivity index is 1.92. The summed E-state index contributed by atoms with van der Waals surface area (Å²) in [6.07, 6.45) is 1.65. The third-order valence-electron chi connectivity index (χ3n) is 4.12. The first-order valence-corrected chi connectivity index (χ1v) is 9.64. The summed E-state index contributed by atoms with van der Waals surface area (Å²) >= 11 is 3.35. The summed E-state index contributed by atoms with van der Waals surface area (Å²) in [6.45, 7) is 2.28. The van der Waals surface area contributed by atoms with Crippen molar-refractivity contribution in [1.82, 2.24) is 4.98 Å². The molecule has 0 amide bonds. The molecule has 0 saturated carbocycles. The van der Waals surface area contributed by atoms with Gasteiger partial charge in [-0.25, -0.2) is 9.78 Å². The molecular weight excluding hydrogens is 426 g/mol. The van der Waals surface area contributed by atoms with Crippen LogP contribution in [0.4, 0.5) is 0 Å². The van der Waals surface area contributed by atoms with Gasteiger partial charge in [0.05, 0.1) is 13.7 Å². The van der Waals surface area contributed by atoms with Gasteiger partial charge in [0.15, 0.2) is 11.4 Å². The molecule has 0 fully saturated rings. The Labute approximate surface area is 171 Å². The highest BCUT2D eigenvalue weighted by Gasteiger charge is 2.20. The zero-order valence-electron chi connectivity index (χ0n) is 15.6. The van der Waals surface area contributed by atoms with Crippen molar-refractivity contribution >= 4 is 32.7 Å². The van der Waals surface area contributed by atoms with Crippen LogP contribution in [0.25, 0.3) is 10.8 Å². The van der Waals surface area contributed by atoms with E-state index in [2.05, 4.69) is 20.9 Å². The number of carbonyl (C=O) groups is 1. The van der Waals surface area contributed by atoms with E-state index in [1.807, 2.05) is 6.92 Å². The van der Waals surface area contributed by atoms with Crippen LogP contribution >= 0.6 is 15.9 Å². The third-order valence-corrected chi connectivity index (χ3v) is 4.73. The van der Waals surface area contributed by atoms with Crippen molar-refractivity contribution in [2.45, 2.75) is 19.8 Å². The van der Waals surface area contributed by atoms with Crippen LogP contribution in [0.3, 0.4) is 0 Å². The Bertz CT molecular complexity index is 988. The van der Waals surface area contributed by atoms with Crippen molar-refractivity contribution in [2.75, 3.05) is 13.7 Å². The maximum absolute atomic E-state index is 12.3. The number of nitrogens with zero attached hydrogens (tertiary/aromatic N) is 1. The van der Waals surface area contributed by atoms with Crippen LogP contribution in [0.2, 0.25) is 0 Å². The van der Waals surface area contributed by atoms with Crippen LogP contribution in [0.15, 0.2) is 47.1 Å². The molecule has 0 atom stereocenters. The van der Waals surface area contributed by atoms with E-state index in [4.69, 9.17) is 14.2 Å². The standard InChI is InChI=1S/C21H20BrNO5/c1-3-4-11-27-21(25)18-19(24)17-12-15(9-10-16(17)20(22)23-18)28-14-7-5-13(26-2)6-8-14/h5-10,12,24H,3-4,11H2,1-2H3. The predicted octanol–water partition coefficient (Wildman–Crippen LogP) is 5.46. The van der Waals surface area contributed by atoms with Gasteiger partial charge in [0.1, 0.15) is 21.9 Å². The van der Waals surface area contributed by atoms with Gasteiger partial charge < -0.3 is 19.3 Å². The molecule has 0 aliphatic heterocycles. The second-order valence-corrected chi connectivity index (χ2v) is 6.83. The number of carbonyl (C=O) groups excluding carboxylic acids is 1. The lowest BCUT2D eigenvalue weighted by atomic mass is 10.1. The SMILES string of the molecule is CCCCOC(=O)c1nc(Br)c2ccc(Oc3ccc(OC)cc3)cc2c1O. The van der Waals surface area contributed by atoms with Gasteiger partial charge in [0, 0.05) is 10.8 Å². The first-order chi connectivity index (χ1) is 13.5. The molecule has 2 aromatic carbocycles. The quantitative estimate of drug-likeness (QED) is 0.295. The van der Waals surface area contributed by atoms with Gasteiger partial charge >= 0.3 is 5.97 Å². The fourth-order valence-electron chi connectivity index (χ4n) is 2.60. The third kappa shape index (κ3) is 4.36. The number of aromatic hydroxyl groups is 1. The Kier molecular flexibility index (Phi) is 6.36. The summed E-state index contributed by atoms with van der Waals surface area (Å²) in [5.41, 5.74) is -0.128. The highest BCUT2D eigenvalue weighted by Crippen LogP contribution is 2.36. The first-order valence-electron chi connectivity index (χ1n) is 8.84. The number of hydrogen-bond acceptors (Lipinski definition) is 6. The molecule has 1 aromatic heterocycles. The van der Waals surface area contributed by atoms with E-state index >= 15 is 0 Å². The number of methoxy groups -OCH3 is 1. The zero-order valence-corrected chi connectivity index (χ0v) is 17.2. The lowest BCUT2D eigenvalue weighted by Crippen LogP contribution is -2.09. The molecule has 28 heavy (non-hydrogen) atoms. The average Bonchev–Trinajstić information content (AvgIpc) is 2.71. The minimum Gasteiger partial charge on any atom is -0.505 e. The predicted molar refractivity (Wildman–Crippen MR) is 109 cm³/mol. The second-order valence-electron chi connectivity index (χ2n) is 6.07. The normalized spacial score (nSPS) is 10.7. The molecule has 0 aliphatic carbocycles. The van der Waals surface area contributed by atoms with Crippen LogP contribution in [0.1, 0.15) is 30.3 Å². The fraction of sp³-hybridized carbons (Fsp3) is 0.238. The molecule has 6 nitrogen and oxygen atoms in total. The number of pyridine rings is 1. The summed E-state index contributed by atoms with van der Waals surface area (Å²) in [7, 11) is 1.60. The maximum atomic E-state index is 12.3. The number of esters is 1. The average molecular weight is 446 g/mol. The van der Waals surface area contributed by atoms with Crippen molar-refractivity contribution in [1.29, 1.82) is 0 Å². The molecule has 0 spiro atoms. The summed E-state index contributed by atoms with van der Waals surface area (Å²) in [5, 5.41) is 11.7. The van der Waals surface area contributed by atoms with Gasteiger partial charge in [0.2, 0.25) is 0 Å². The summed E-state index contributed by atoms with van der Waals surface area (Å²) in [6, 6.07) is 12.3. The van der Waals surface area contributed by atoms with E-state index in [1.165, 1.54) is 0 Å². The van der Waals surface area contributed by atoms with Crippen LogP contribution in [0.5, 0.6) is 23.0 Å². The molecule has 7 heteroatoms. The Morgan fingerprint density at radius 2 is 1.75 bits per heavy atom. The molecule has 0 saturated heterocycles. The number of hydrogen-bond donors (Lipinski definition) is 1. The van der Waals surface area contributed by atoms with Gasteiger partial charge in [-0.15, -0.1) is 0 Å². The minimum absolute atomic E-state index is 0.128. The fourth-order valence-corrected chi connectivity index (χ4v) is 3.12. The first kappa shape index (κ1) is 19.9. The monoisotopic (exact) mass is 445 g/mol. The Hall–Kier alpha value is -2.80. The van der Waals surface area contributed by atoms with Gasteiger partial charge in [0.25, 0.3) is 0 Å². The highest BCUT2D eigenvalue weighted by atomic mass is 79.9. The number of aromatic nitrogens is 1. The van der Waals surface area contributed by atoms with Gasteiger partial charge in [-0.05, 0) is 64.8 Å². The topological polar surface area (TPSA) is 77.9 Å². The van der Waals surface area contributed by atoms with Crippen molar-refractivity contribution in [3.8, 4) is 23.0 Å². The van der Waals surface area contributed by atoms with Crippen molar-refractivity contribution < 1.29 is 24.1 Å². The summed E-state index contributed by atoms with van der Waals surface area (Å²) in [4.78, 5) is 16.4. The molecular formula is C21H20BrNO5. The molecule has 1 N–H and O–H groups in total. The molecule has 0 aliphatic rings. The molecule has 0 bridgehead atoms. The van der Waals surface area contributed by atoms with E-state index in [0.717, 1.165) is 18.6 Å². The lowest BCUT2D eigenvalue weighted by molar-refractivity contribution is 0.0489. The van der Waals surface area contributed by atoms with Crippen LogP contribution in [0, 0.1) is 0 Å². The zero-order chi connectivity index (χ0) is 20.1. The number of benzene rings is 2.